The van der Waals surface area contributed by atoms with E-state index in [-0.39, 0.29) is 11.8 Å². The molecule has 1 atom stereocenters. The van der Waals surface area contributed by atoms with Crippen LogP contribution in [-0.4, -0.2) is 33.9 Å². The fourth-order valence-electron chi connectivity index (χ4n) is 3.03. The summed E-state index contributed by atoms with van der Waals surface area (Å²) in [6, 6.07) is 8.30. The van der Waals surface area contributed by atoms with Crippen LogP contribution in [0, 0.1) is 6.92 Å². The molecule has 22 heavy (non-hydrogen) atoms. The SMILES string of the molecule is CC(=O)N1CCCC(c2cncc(-c3cccc(C)c3)n2)C1. The number of aryl methyl sites for hydroxylation is 1. The summed E-state index contributed by atoms with van der Waals surface area (Å²) in [4.78, 5) is 22.7. The number of nitrogens with zero attached hydrogens (tertiary/aromatic N) is 3. The first kappa shape index (κ1) is 14.7. The smallest absolute Gasteiger partial charge is 0.219 e. The van der Waals surface area contributed by atoms with E-state index >= 15 is 0 Å². The van der Waals surface area contributed by atoms with Gasteiger partial charge in [0.25, 0.3) is 0 Å². The third kappa shape index (κ3) is 3.16. The molecule has 2 heterocycles. The first-order chi connectivity index (χ1) is 10.6. The van der Waals surface area contributed by atoms with Gasteiger partial charge in [-0.2, -0.15) is 0 Å². The van der Waals surface area contributed by atoms with E-state index in [1.165, 1.54) is 5.56 Å². The molecule has 4 nitrogen and oxygen atoms in total. The lowest BCUT2D eigenvalue weighted by Crippen LogP contribution is -2.37. The van der Waals surface area contributed by atoms with Crippen LogP contribution < -0.4 is 0 Å². The van der Waals surface area contributed by atoms with Crippen molar-refractivity contribution in [1.29, 1.82) is 0 Å². The first-order valence-electron chi connectivity index (χ1n) is 7.78. The average molecular weight is 295 g/mol. The lowest BCUT2D eigenvalue weighted by molar-refractivity contribution is -0.130. The van der Waals surface area contributed by atoms with Crippen LogP contribution in [0.15, 0.2) is 36.7 Å². The van der Waals surface area contributed by atoms with E-state index in [4.69, 9.17) is 4.98 Å². The second-order valence-electron chi connectivity index (χ2n) is 6.00. The van der Waals surface area contributed by atoms with Gasteiger partial charge in [0.05, 0.1) is 17.6 Å². The maximum atomic E-state index is 11.6. The zero-order valence-corrected chi connectivity index (χ0v) is 13.1. The van der Waals surface area contributed by atoms with Crippen LogP contribution in [0.2, 0.25) is 0 Å². The van der Waals surface area contributed by atoms with Crippen molar-refractivity contribution >= 4 is 5.91 Å². The average Bonchev–Trinajstić information content (AvgIpc) is 2.55. The molecule has 1 aliphatic heterocycles. The molecule has 1 aliphatic rings. The van der Waals surface area contributed by atoms with Gasteiger partial charge in [0, 0.05) is 37.7 Å². The van der Waals surface area contributed by atoms with Crippen molar-refractivity contribution in [2.24, 2.45) is 0 Å². The number of benzene rings is 1. The number of aromatic nitrogens is 2. The van der Waals surface area contributed by atoms with Gasteiger partial charge in [-0.05, 0) is 25.8 Å². The van der Waals surface area contributed by atoms with E-state index in [1.54, 1.807) is 6.92 Å². The second kappa shape index (κ2) is 6.26. The Hall–Kier alpha value is -2.23. The molecule has 0 saturated carbocycles. The summed E-state index contributed by atoms with van der Waals surface area (Å²) < 4.78 is 0. The van der Waals surface area contributed by atoms with Crippen molar-refractivity contribution in [1.82, 2.24) is 14.9 Å². The Labute approximate surface area is 131 Å². The van der Waals surface area contributed by atoms with Gasteiger partial charge in [-0.3, -0.25) is 9.78 Å². The Morgan fingerprint density at radius 2 is 2.18 bits per heavy atom. The van der Waals surface area contributed by atoms with Crippen LogP contribution in [0.25, 0.3) is 11.3 Å². The zero-order valence-electron chi connectivity index (χ0n) is 13.1. The van der Waals surface area contributed by atoms with Gasteiger partial charge < -0.3 is 4.90 Å². The molecule has 1 fully saturated rings. The number of carbonyl (C=O) groups excluding carboxylic acids is 1. The molecule has 1 aromatic heterocycles. The number of hydrogen-bond acceptors (Lipinski definition) is 3. The second-order valence-corrected chi connectivity index (χ2v) is 6.00. The minimum Gasteiger partial charge on any atom is -0.342 e. The van der Waals surface area contributed by atoms with Crippen molar-refractivity contribution in [3.63, 3.8) is 0 Å². The van der Waals surface area contributed by atoms with Crippen LogP contribution in [0.4, 0.5) is 0 Å². The van der Waals surface area contributed by atoms with Gasteiger partial charge in [0.2, 0.25) is 5.91 Å². The molecule has 1 amide bonds. The number of amides is 1. The summed E-state index contributed by atoms with van der Waals surface area (Å²) in [5.41, 5.74) is 4.20. The summed E-state index contributed by atoms with van der Waals surface area (Å²) in [7, 11) is 0. The minimum atomic E-state index is 0.146. The summed E-state index contributed by atoms with van der Waals surface area (Å²) >= 11 is 0. The Kier molecular flexibility index (Phi) is 4.18. The van der Waals surface area contributed by atoms with E-state index in [9.17, 15) is 4.79 Å². The van der Waals surface area contributed by atoms with Gasteiger partial charge >= 0.3 is 0 Å². The van der Waals surface area contributed by atoms with E-state index in [0.717, 1.165) is 42.9 Å². The molecule has 4 heteroatoms. The monoisotopic (exact) mass is 295 g/mol. The molecule has 1 aromatic carbocycles. The highest BCUT2D eigenvalue weighted by atomic mass is 16.2. The van der Waals surface area contributed by atoms with Crippen LogP contribution >= 0.6 is 0 Å². The molecule has 0 radical (unpaired) electrons. The van der Waals surface area contributed by atoms with Gasteiger partial charge in [-0.1, -0.05) is 23.8 Å². The number of piperidine rings is 1. The number of likely N-dealkylation sites (tertiary alicyclic amines) is 1. The molecule has 0 aliphatic carbocycles. The molecule has 2 aromatic rings. The topological polar surface area (TPSA) is 46.1 Å². The van der Waals surface area contributed by atoms with E-state index in [0.29, 0.717) is 0 Å². The Morgan fingerprint density at radius 3 is 2.95 bits per heavy atom. The quantitative estimate of drug-likeness (QED) is 0.855. The van der Waals surface area contributed by atoms with Crippen molar-refractivity contribution < 1.29 is 4.79 Å². The van der Waals surface area contributed by atoms with E-state index < -0.39 is 0 Å². The van der Waals surface area contributed by atoms with Gasteiger partial charge in [-0.25, -0.2) is 4.98 Å². The largest absolute Gasteiger partial charge is 0.342 e. The van der Waals surface area contributed by atoms with Crippen LogP contribution in [0.5, 0.6) is 0 Å². The number of rotatable bonds is 2. The highest BCUT2D eigenvalue weighted by Gasteiger charge is 2.24. The number of hydrogen-bond donors (Lipinski definition) is 0. The zero-order chi connectivity index (χ0) is 15.5. The third-order valence-corrected chi connectivity index (χ3v) is 4.25. The first-order valence-corrected chi connectivity index (χ1v) is 7.78. The standard InChI is InChI=1S/C18H21N3O/c1-13-5-3-6-15(9-13)17-10-19-11-18(20-17)16-7-4-8-21(12-16)14(2)22/h3,5-6,9-11,16H,4,7-8,12H2,1-2H3. The van der Waals surface area contributed by atoms with Gasteiger partial charge in [0.1, 0.15) is 0 Å². The fourth-order valence-corrected chi connectivity index (χ4v) is 3.03. The molecule has 1 saturated heterocycles. The van der Waals surface area contributed by atoms with Crippen LogP contribution in [0.3, 0.4) is 0 Å². The normalized spacial score (nSPS) is 18.3. The Morgan fingerprint density at radius 1 is 1.32 bits per heavy atom. The van der Waals surface area contributed by atoms with Crippen LogP contribution in [0.1, 0.15) is 36.9 Å². The molecule has 1 unspecified atom stereocenters. The molecule has 0 bridgehead atoms. The molecule has 0 spiro atoms. The predicted molar refractivity (Wildman–Crippen MR) is 86.4 cm³/mol. The highest BCUT2D eigenvalue weighted by Crippen LogP contribution is 2.27. The predicted octanol–water partition coefficient (Wildman–Crippen LogP) is 3.18. The highest BCUT2D eigenvalue weighted by molar-refractivity contribution is 5.73. The summed E-state index contributed by atoms with van der Waals surface area (Å²) in [5.74, 6) is 0.433. The molecule has 3 rings (SSSR count). The van der Waals surface area contributed by atoms with Gasteiger partial charge in [0.15, 0.2) is 0 Å². The van der Waals surface area contributed by atoms with E-state index in [1.807, 2.05) is 23.4 Å². The Balaban J connectivity index is 1.86. The summed E-state index contributed by atoms with van der Waals surface area (Å²) in [6.45, 7) is 5.32. The lowest BCUT2D eigenvalue weighted by atomic mass is 9.94. The Bertz CT molecular complexity index is 684. The summed E-state index contributed by atoms with van der Waals surface area (Å²) in [6.07, 6.45) is 5.74. The maximum Gasteiger partial charge on any atom is 0.219 e. The summed E-state index contributed by atoms with van der Waals surface area (Å²) in [5, 5.41) is 0. The van der Waals surface area contributed by atoms with Crippen molar-refractivity contribution in [3.8, 4) is 11.3 Å². The van der Waals surface area contributed by atoms with E-state index in [2.05, 4.69) is 30.1 Å². The molecular formula is C18H21N3O. The number of carbonyl (C=O) groups is 1. The van der Waals surface area contributed by atoms with Crippen molar-refractivity contribution in [2.45, 2.75) is 32.6 Å². The van der Waals surface area contributed by atoms with Crippen LogP contribution in [-0.2, 0) is 4.79 Å². The third-order valence-electron chi connectivity index (χ3n) is 4.25. The van der Waals surface area contributed by atoms with Crippen molar-refractivity contribution in [3.05, 3.63) is 47.9 Å². The molecule has 114 valence electrons. The molecule has 0 N–H and O–H groups in total. The minimum absolute atomic E-state index is 0.146. The maximum absolute atomic E-state index is 11.6. The molecular weight excluding hydrogens is 274 g/mol. The fraction of sp³-hybridized carbons (Fsp3) is 0.389. The lowest BCUT2D eigenvalue weighted by Gasteiger charge is -2.31. The van der Waals surface area contributed by atoms with Crippen molar-refractivity contribution in [2.75, 3.05) is 13.1 Å². The van der Waals surface area contributed by atoms with Gasteiger partial charge in [-0.15, -0.1) is 0 Å².